The summed E-state index contributed by atoms with van der Waals surface area (Å²) < 4.78 is 5.56. The minimum atomic E-state index is -0.964. The summed E-state index contributed by atoms with van der Waals surface area (Å²) in [5, 5.41) is 8.97. The summed E-state index contributed by atoms with van der Waals surface area (Å²) in [6.45, 7) is 4.94. The SMILES string of the molecule is CN1C[C@@H]2CN(Cc3cc(-c4ccccn4)ccc3OCC(=O)O)C[C@@H]2C1. The summed E-state index contributed by atoms with van der Waals surface area (Å²) in [4.78, 5) is 20.2. The molecule has 6 heteroatoms. The lowest BCUT2D eigenvalue weighted by atomic mass is 10.0. The van der Waals surface area contributed by atoms with Crippen molar-refractivity contribution in [3.63, 3.8) is 0 Å². The molecular weight excluding hydrogens is 342 g/mol. The molecule has 2 fully saturated rings. The van der Waals surface area contributed by atoms with Gasteiger partial charge in [-0.3, -0.25) is 9.88 Å². The maximum absolute atomic E-state index is 10.9. The van der Waals surface area contributed by atoms with E-state index in [1.807, 2.05) is 30.3 Å². The second-order valence-electron chi connectivity index (χ2n) is 7.66. The van der Waals surface area contributed by atoms with Crippen LogP contribution in [0.1, 0.15) is 5.56 Å². The van der Waals surface area contributed by atoms with Gasteiger partial charge in [0.15, 0.2) is 6.61 Å². The lowest BCUT2D eigenvalue weighted by molar-refractivity contribution is -0.139. The zero-order valence-electron chi connectivity index (χ0n) is 15.5. The lowest BCUT2D eigenvalue weighted by Crippen LogP contribution is -2.26. The van der Waals surface area contributed by atoms with Crippen LogP contribution >= 0.6 is 0 Å². The van der Waals surface area contributed by atoms with Gasteiger partial charge in [0.05, 0.1) is 5.69 Å². The predicted molar refractivity (Wildman–Crippen MR) is 103 cm³/mol. The van der Waals surface area contributed by atoms with Crippen LogP contribution in [0.4, 0.5) is 0 Å². The Labute approximate surface area is 159 Å². The summed E-state index contributed by atoms with van der Waals surface area (Å²) in [5.41, 5.74) is 2.95. The van der Waals surface area contributed by atoms with Gasteiger partial charge in [0.2, 0.25) is 0 Å². The predicted octanol–water partition coefficient (Wildman–Crippen LogP) is 2.21. The van der Waals surface area contributed by atoms with Gasteiger partial charge >= 0.3 is 5.97 Å². The van der Waals surface area contributed by atoms with Crippen LogP contribution in [0.3, 0.4) is 0 Å². The molecule has 1 aromatic carbocycles. The highest BCUT2D eigenvalue weighted by molar-refractivity contribution is 5.69. The fourth-order valence-corrected chi connectivity index (χ4v) is 4.37. The molecular formula is C21H25N3O3. The number of aliphatic carboxylic acids is 1. The van der Waals surface area contributed by atoms with E-state index < -0.39 is 5.97 Å². The van der Waals surface area contributed by atoms with Gasteiger partial charge in [0.25, 0.3) is 0 Å². The number of fused-ring (bicyclic) bond motifs is 1. The van der Waals surface area contributed by atoms with E-state index in [1.54, 1.807) is 6.20 Å². The Kier molecular flexibility index (Phi) is 5.09. The topological polar surface area (TPSA) is 65.9 Å². The monoisotopic (exact) mass is 367 g/mol. The lowest BCUT2D eigenvalue weighted by Gasteiger charge is -2.21. The molecule has 2 aromatic rings. The van der Waals surface area contributed by atoms with Gasteiger partial charge in [-0.1, -0.05) is 6.07 Å². The number of pyridine rings is 1. The van der Waals surface area contributed by atoms with Crippen molar-refractivity contribution in [3.05, 3.63) is 48.2 Å². The molecule has 1 aromatic heterocycles. The molecule has 2 saturated heterocycles. The molecule has 0 saturated carbocycles. The third-order valence-electron chi connectivity index (χ3n) is 5.51. The summed E-state index contributed by atoms with van der Waals surface area (Å²) in [6.07, 6.45) is 1.78. The Morgan fingerprint density at radius 3 is 2.63 bits per heavy atom. The molecule has 0 unspecified atom stereocenters. The zero-order chi connectivity index (χ0) is 18.8. The molecule has 1 N–H and O–H groups in total. The van der Waals surface area contributed by atoms with Crippen LogP contribution in [0.15, 0.2) is 42.6 Å². The molecule has 0 radical (unpaired) electrons. The van der Waals surface area contributed by atoms with Crippen molar-refractivity contribution < 1.29 is 14.6 Å². The Bertz CT molecular complexity index is 798. The highest BCUT2D eigenvalue weighted by atomic mass is 16.5. The van der Waals surface area contributed by atoms with E-state index in [4.69, 9.17) is 9.84 Å². The summed E-state index contributed by atoms with van der Waals surface area (Å²) >= 11 is 0. The zero-order valence-corrected chi connectivity index (χ0v) is 15.5. The van der Waals surface area contributed by atoms with Crippen molar-refractivity contribution in [2.45, 2.75) is 6.54 Å². The smallest absolute Gasteiger partial charge is 0.341 e. The molecule has 6 nitrogen and oxygen atoms in total. The number of ether oxygens (including phenoxy) is 1. The molecule has 2 atom stereocenters. The number of rotatable bonds is 6. The maximum atomic E-state index is 10.9. The van der Waals surface area contributed by atoms with Crippen molar-refractivity contribution in [1.29, 1.82) is 0 Å². The van der Waals surface area contributed by atoms with Crippen LogP contribution in [-0.4, -0.2) is 65.7 Å². The van der Waals surface area contributed by atoms with Gasteiger partial charge in [0, 0.05) is 50.0 Å². The fraction of sp³-hybridized carbons (Fsp3) is 0.429. The van der Waals surface area contributed by atoms with Gasteiger partial charge in [-0.15, -0.1) is 0 Å². The second-order valence-corrected chi connectivity index (χ2v) is 7.66. The van der Waals surface area contributed by atoms with E-state index in [-0.39, 0.29) is 6.61 Å². The first kappa shape index (κ1) is 17.9. The minimum absolute atomic E-state index is 0.327. The molecule has 2 aliphatic rings. The van der Waals surface area contributed by atoms with E-state index in [1.165, 1.54) is 0 Å². The number of carboxylic acid groups (broad SMARTS) is 1. The standard InChI is InChI=1S/C21H25N3O3/c1-23-9-17-12-24(13-18(17)10-23)11-16-8-15(19-4-2-3-7-22-19)5-6-20(16)27-14-21(25)26/h2-8,17-18H,9-14H2,1H3,(H,25,26)/t17-,18+. The Morgan fingerprint density at radius 2 is 1.96 bits per heavy atom. The van der Waals surface area contributed by atoms with Gasteiger partial charge in [-0.25, -0.2) is 4.79 Å². The Hall–Kier alpha value is -2.44. The molecule has 0 spiro atoms. The number of hydrogen-bond donors (Lipinski definition) is 1. The van der Waals surface area contributed by atoms with E-state index in [2.05, 4.69) is 27.9 Å². The van der Waals surface area contributed by atoms with E-state index in [0.29, 0.717) is 5.75 Å². The number of likely N-dealkylation sites (tertiary alicyclic amines) is 2. The first-order chi connectivity index (χ1) is 13.1. The van der Waals surface area contributed by atoms with E-state index in [9.17, 15) is 4.79 Å². The molecule has 3 heterocycles. The highest BCUT2D eigenvalue weighted by Gasteiger charge is 2.38. The fourth-order valence-electron chi connectivity index (χ4n) is 4.37. The molecule has 0 amide bonds. The van der Waals surface area contributed by atoms with Crippen LogP contribution in [0, 0.1) is 11.8 Å². The van der Waals surface area contributed by atoms with E-state index in [0.717, 1.165) is 61.4 Å². The molecule has 27 heavy (non-hydrogen) atoms. The van der Waals surface area contributed by atoms with Crippen LogP contribution in [0.25, 0.3) is 11.3 Å². The number of nitrogens with zero attached hydrogens (tertiary/aromatic N) is 3. The molecule has 4 rings (SSSR count). The third kappa shape index (κ3) is 4.12. The average molecular weight is 367 g/mol. The normalized spacial score (nSPS) is 22.7. The van der Waals surface area contributed by atoms with Crippen LogP contribution in [-0.2, 0) is 11.3 Å². The second kappa shape index (κ2) is 7.66. The summed E-state index contributed by atoms with van der Waals surface area (Å²) in [5.74, 6) is 1.15. The largest absolute Gasteiger partial charge is 0.482 e. The highest BCUT2D eigenvalue weighted by Crippen LogP contribution is 2.33. The molecule has 142 valence electrons. The molecule has 2 aliphatic heterocycles. The third-order valence-corrected chi connectivity index (χ3v) is 5.51. The van der Waals surface area contributed by atoms with Crippen LogP contribution in [0.5, 0.6) is 5.75 Å². The van der Waals surface area contributed by atoms with Gasteiger partial charge in [-0.2, -0.15) is 0 Å². The first-order valence-electron chi connectivity index (χ1n) is 9.38. The maximum Gasteiger partial charge on any atom is 0.341 e. The number of carbonyl (C=O) groups is 1. The number of carboxylic acids is 1. The summed E-state index contributed by atoms with van der Waals surface area (Å²) in [6, 6.07) is 11.7. The quantitative estimate of drug-likeness (QED) is 0.844. The van der Waals surface area contributed by atoms with Gasteiger partial charge in [0.1, 0.15) is 5.75 Å². The summed E-state index contributed by atoms with van der Waals surface area (Å²) in [7, 11) is 2.19. The Balaban J connectivity index is 1.55. The van der Waals surface area contributed by atoms with Crippen molar-refractivity contribution in [2.24, 2.45) is 11.8 Å². The van der Waals surface area contributed by atoms with Gasteiger partial charge in [-0.05, 0) is 49.2 Å². The van der Waals surface area contributed by atoms with Crippen LogP contribution in [0.2, 0.25) is 0 Å². The molecule has 0 aliphatic carbocycles. The molecule has 0 bridgehead atoms. The van der Waals surface area contributed by atoms with Crippen molar-refractivity contribution in [1.82, 2.24) is 14.8 Å². The Morgan fingerprint density at radius 1 is 1.19 bits per heavy atom. The average Bonchev–Trinajstić information content (AvgIpc) is 3.17. The number of hydrogen-bond acceptors (Lipinski definition) is 5. The van der Waals surface area contributed by atoms with Crippen molar-refractivity contribution in [2.75, 3.05) is 39.8 Å². The number of benzene rings is 1. The number of aromatic nitrogens is 1. The van der Waals surface area contributed by atoms with Crippen molar-refractivity contribution >= 4 is 5.97 Å². The van der Waals surface area contributed by atoms with Gasteiger partial charge < -0.3 is 14.7 Å². The van der Waals surface area contributed by atoms with Crippen molar-refractivity contribution in [3.8, 4) is 17.0 Å². The minimum Gasteiger partial charge on any atom is -0.482 e. The van der Waals surface area contributed by atoms with E-state index >= 15 is 0 Å². The van der Waals surface area contributed by atoms with Crippen LogP contribution < -0.4 is 4.74 Å². The first-order valence-corrected chi connectivity index (χ1v) is 9.38.